The molecule has 2 rings (SSSR count). The van der Waals surface area contributed by atoms with Crippen LogP contribution in [0, 0.1) is 6.92 Å². The second kappa shape index (κ2) is 8.20. The van der Waals surface area contributed by atoms with Gasteiger partial charge >= 0.3 is 0 Å². The molecule has 140 valence electrons. The van der Waals surface area contributed by atoms with Crippen LogP contribution in [0.5, 0.6) is 5.75 Å². The molecule has 1 amide bonds. The van der Waals surface area contributed by atoms with Crippen LogP contribution >= 0.6 is 15.9 Å². The number of hydrogen-bond acceptors (Lipinski definition) is 4. The van der Waals surface area contributed by atoms with Gasteiger partial charge in [0.25, 0.3) is 0 Å². The van der Waals surface area contributed by atoms with Gasteiger partial charge in [-0.15, -0.1) is 0 Å². The Hall–Kier alpha value is -1.90. The molecule has 0 aliphatic carbocycles. The number of amides is 1. The van der Waals surface area contributed by atoms with E-state index >= 15 is 0 Å². The number of halogens is 1. The molecule has 2 N–H and O–H groups in total. The van der Waals surface area contributed by atoms with Crippen molar-refractivity contribution in [2.75, 3.05) is 12.4 Å². The molecule has 2 aromatic rings. The second-order valence-corrected chi connectivity index (χ2v) is 8.44. The maximum absolute atomic E-state index is 12.8. The lowest BCUT2D eigenvalue weighted by atomic mass is 10.1. The van der Waals surface area contributed by atoms with Crippen LogP contribution in [-0.4, -0.2) is 21.4 Å². The van der Waals surface area contributed by atoms with Gasteiger partial charge in [-0.3, -0.25) is 4.79 Å². The number of sulfonamides is 1. The molecule has 1 atom stereocenters. The van der Waals surface area contributed by atoms with Gasteiger partial charge in [0.1, 0.15) is 5.75 Å². The smallest absolute Gasteiger partial charge is 0.241 e. The van der Waals surface area contributed by atoms with Gasteiger partial charge in [0.15, 0.2) is 0 Å². The third kappa shape index (κ3) is 4.84. The number of carbonyl (C=O) groups is 1. The van der Waals surface area contributed by atoms with E-state index < -0.39 is 16.1 Å². The summed E-state index contributed by atoms with van der Waals surface area (Å²) in [5, 5.41) is 2.60. The number of carbonyl (C=O) groups excluding carboxylic acids is 1. The molecule has 0 bridgehead atoms. The average Bonchev–Trinajstić information content (AvgIpc) is 2.55. The van der Waals surface area contributed by atoms with Crippen molar-refractivity contribution in [3.63, 3.8) is 0 Å². The van der Waals surface area contributed by atoms with E-state index in [1.807, 2.05) is 6.07 Å². The van der Waals surface area contributed by atoms with Gasteiger partial charge in [0.05, 0.1) is 16.5 Å². The molecule has 1 unspecified atom stereocenters. The van der Waals surface area contributed by atoms with Crippen molar-refractivity contribution in [2.24, 2.45) is 0 Å². The molecule has 26 heavy (non-hydrogen) atoms. The lowest BCUT2D eigenvalue weighted by Crippen LogP contribution is -2.27. The van der Waals surface area contributed by atoms with Crippen molar-refractivity contribution in [2.45, 2.75) is 31.7 Å². The summed E-state index contributed by atoms with van der Waals surface area (Å²) >= 11 is 3.40. The quantitative estimate of drug-likeness (QED) is 0.715. The molecule has 0 heterocycles. The highest BCUT2D eigenvalue weighted by atomic mass is 79.9. The first-order valence-electron chi connectivity index (χ1n) is 7.88. The molecule has 2 aromatic carbocycles. The summed E-state index contributed by atoms with van der Waals surface area (Å²) in [6.45, 7) is 4.84. The van der Waals surface area contributed by atoms with E-state index in [0.717, 1.165) is 10.0 Å². The lowest BCUT2D eigenvalue weighted by molar-refractivity contribution is -0.114. The minimum atomic E-state index is -3.77. The zero-order valence-electron chi connectivity index (χ0n) is 15.0. The molecule has 8 heteroatoms. The third-order valence-corrected chi connectivity index (χ3v) is 6.11. The summed E-state index contributed by atoms with van der Waals surface area (Å²) in [6.07, 6.45) is 0. The van der Waals surface area contributed by atoms with E-state index in [1.54, 1.807) is 45.2 Å². The van der Waals surface area contributed by atoms with E-state index in [4.69, 9.17) is 4.74 Å². The molecule has 0 saturated heterocycles. The fourth-order valence-corrected chi connectivity index (χ4v) is 4.55. The molecule has 0 fully saturated rings. The molecular weight excluding hydrogens is 420 g/mol. The summed E-state index contributed by atoms with van der Waals surface area (Å²) in [5.74, 6) is 0.407. The van der Waals surface area contributed by atoms with Gasteiger partial charge in [-0.05, 0) is 65.2 Å². The summed E-state index contributed by atoms with van der Waals surface area (Å²) in [7, 11) is -2.21. The van der Waals surface area contributed by atoms with Crippen molar-refractivity contribution >= 4 is 37.5 Å². The Morgan fingerprint density at radius 3 is 2.46 bits per heavy atom. The van der Waals surface area contributed by atoms with Gasteiger partial charge in [-0.25, -0.2) is 13.1 Å². The number of rotatable bonds is 6. The molecule has 0 radical (unpaired) electrons. The van der Waals surface area contributed by atoms with Crippen molar-refractivity contribution in [1.82, 2.24) is 4.72 Å². The molecule has 0 aliphatic heterocycles. The summed E-state index contributed by atoms with van der Waals surface area (Å²) in [4.78, 5) is 11.3. The van der Waals surface area contributed by atoms with Crippen LogP contribution in [0.15, 0.2) is 45.8 Å². The topological polar surface area (TPSA) is 84.5 Å². The molecular formula is C18H21BrN2O4S. The van der Waals surface area contributed by atoms with Crippen LogP contribution in [0.25, 0.3) is 0 Å². The van der Waals surface area contributed by atoms with E-state index in [0.29, 0.717) is 17.0 Å². The standard InChI is InChI=1S/C18H21BrN2O4S/c1-11-5-7-15(20-13(3)22)10-18(11)26(23,24)21-12(2)14-6-8-17(25-4)16(19)9-14/h5-10,12,21H,1-4H3,(H,20,22). The Kier molecular flexibility index (Phi) is 6.44. The number of aryl methyl sites for hydroxylation is 1. The Bertz CT molecular complexity index is 929. The lowest BCUT2D eigenvalue weighted by Gasteiger charge is -2.17. The molecule has 6 nitrogen and oxygen atoms in total. The average molecular weight is 441 g/mol. The normalized spacial score (nSPS) is 12.5. The molecule has 0 aromatic heterocycles. The highest BCUT2D eigenvalue weighted by Gasteiger charge is 2.21. The predicted octanol–water partition coefficient (Wildman–Crippen LogP) is 3.76. The van der Waals surface area contributed by atoms with Crippen LogP contribution in [0.2, 0.25) is 0 Å². The van der Waals surface area contributed by atoms with Crippen LogP contribution in [-0.2, 0) is 14.8 Å². The van der Waals surface area contributed by atoms with Gasteiger partial charge < -0.3 is 10.1 Å². The number of nitrogens with one attached hydrogen (secondary N) is 2. The number of anilines is 1. The van der Waals surface area contributed by atoms with Crippen molar-refractivity contribution in [3.8, 4) is 5.75 Å². The molecule has 0 spiro atoms. The second-order valence-electron chi connectivity index (χ2n) is 5.90. The van der Waals surface area contributed by atoms with Gasteiger partial charge in [0.2, 0.25) is 15.9 Å². The zero-order valence-corrected chi connectivity index (χ0v) is 17.4. The molecule has 0 aliphatic rings. The molecule has 0 saturated carbocycles. The minimum absolute atomic E-state index is 0.128. The Labute approximate surface area is 162 Å². The van der Waals surface area contributed by atoms with E-state index in [1.165, 1.54) is 13.0 Å². The first-order valence-corrected chi connectivity index (χ1v) is 10.2. The maximum atomic E-state index is 12.8. The summed E-state index contributed by atoms with van der Waals surface area (Å²) in [5.41, 5.74) is 1.81. The van der Waals surface area contributed by atoms with Crippen LogP contribution in [0.1, 0.15) is 31.0 Å². The van der Waals surface area contributed by atoms with Gasteiger partial charge in [0, 0.05) is 18.7 Å². The number of methoxy groups -OCH3 is 1. The number of hydrogen-bond donors (Lipinski definition) is 2. The Morgan fingerprint density at radius 1 is 1.19 bits per heavy atom. The highest BCUT2D eigenvalue weighted by Crippen LogP contribution is 2.29. The van der Waals surface area contributed by atoms with E-state index in [9.17, 15) is 13.2 Å². The Balaban J connectivity index is 2.30. The van der Waals surface area contributed by atoms with Crippen LogP contribution in [0.4, 0.5) is 5.69 Å². The number of ether oxygens (including phenoxy) is 1. The van der Waals surface area contributed by atoms with E-state index in [-0.39, 0.29) is 10.8 Å². The van der Waals surface area contributed by atoms with E-state index in [2.05, 4.69) is 26.0 Å². The van der Waals surface area contributed by atoms with Gasteiger partial charge in [-0.1, -0.05) is 12.1 Å². The maximum Gasteiger partial charge on any atom is 0.241 e. The minimum Gasteiger partial charge on any atom is -0.496 e. The number of benzene rings is 2. The zero-order chi connectivity index (χ0) is 19.5. The fraction of sp³-hybridized carbons (Fsp3) is 0.278. The van der Waals surface area contributed by atoms with Crippen molar-refractivity contribution in [1.29, 1.82) is 0 Å². The largest absolute Gasteiger partial charge is 0.496 e. The highest BCUT2D eigenvalue weighted by molar-refractivity contribution is 9.10. The summed E-state index contributed by atoms with van der Waals surface area (Å²) in [6, 6.07) is 9.71. The Morgan fingerprint density at radius 2 is 1.88 bits per heavy atom. The van der Waals surface area contributed by atoms with Crippen molar-refractivity contribution < 1.29 is 17.9 Å². The fourth-order valence-electron chi connectivity index (χ4n) is 2.49. The first-order chi connectivity index (χ1) is 12.1. The SMILES string of the molecule is COc1ccc(C(C)NS(=O)(=O)c2cc(NC(C)=O)ccc2C)cc1Br. The predicted molar refractivity (Wildman–Crippen MR) is 105 cm³/mol. The summed E-state index contributed by atoms with van der Waals surface area (Å²) < 4.78 is 34.3. The monoisotopic (exact) mass is 440 g/mol. The van der Waals surface area contributed by atoms with Gasteiger partial charge in [-0.2, -0.15) is 0 Å². The van der Waals surface area contributed by atoms with Crippen LogP contribution in [0.3, 0.4) is 0 Å². The third-order valence-electron chi connectivity index (χ3n) is 3.81. The first kappa shape index (κ1) is 20.4. The van der Waals surface area contributed by atoms with Crippen molar-refractivity contribution in [3.05, 3.63) is 52.0 Å². The van der Waals surface area contributed by atoms with Crippen LogP contribution < -0.4 is 14.8 Å².